The molecule has 0 spiro atoms. The number of amides is 1. The summed E-state index contributed by atoms with van der Waals surface area (Å²) in [6, 6.07) is 4.63. The van der Waals surface area contributed by atoms with Gasteiger partial charge in [0.25, 0.3) is 0 Å². The topological polar surface area (TPSA) is 89.3 Å². The van der Waals surface area contributed by atoms with E-state index in [1.54, 1.807) is 6.07 Å². The highest BCUT2D eigenvalue weighted by Crippen LogP contribution is 2.25. The van der Waals surface area contributed by atoms with E-state index in [2.05, 4.69) is 21.2 Å². The second kappa shape index (κ2) is 6.49. The molecule has 0 bridgehead atoms. The average molecular weight is 349 g/mol. The lowest BCUT2D eigenvalue weighted by Crippen LogP contribution is -2.37. The molecule has 0 saturated heterocycles. The molecule has 1 rings (SSSR count). The molecule has 3 N–H and O–H groups in total. The summed E-state index contributed by atoms with van der Waals surface area (Å²) >= 11 is 3.38. The van der Waals surface area contributed by atoms with Crippen molar-refractivity contribution < 1.29 is 13.2 Å². The van der Waals surface area contributed by atoms with Gasteiger partial charge < -0.3 is 11.1 Å². The van der Waals surface area contributed by atoms with Crippen LogP contribution in [0, 0.1) is 6.92 Å². The smallest absolute Gasteiger partial charge is 0.241 e. The zero-order valence-corrected chi connectivity index (χ0v) is 13.2. The van der Waals surface area contributed by atoms with Crippen LogP contribution < -0.4 is 11.1 Å². The molecule has 0 saturated carbocycles. The van der Waals surface area contributed by atoms with Crippen LogP contribution in [0.3, 0.4) is 0 Å². The summed E-state index contributed by atoms with van der Waals surface area (Å²) in [5.74, 6) is -0.494. The van der Waals surface area contributed by atoms with Gasteiger partial charge in [0.15, 0.2) is 0 Å². The second-order valence-corrected chi connectivity index (χ2v) is 7.50. The van der Waals surface area contributed by atoms with E-state index in [9.17, 15) is 13.2 Å². The van der Waals surface area contributed by atoms with E-state index in [1.165, 1.54) is 0 Å². The number of hydrogen-bond acceptors (Lipinski definition) is 4. The summed E-state index contributed by atoms with van der Waals surface area (Å²) in [6.45, 7) is 1.91. The lowest BCUT2D eigenvalue weighted by atomic mass is 10.2. The van der Waals surface area contributed by atoms with Crippen molar-refractivity contribution in [1.29, 1.82) is 0 Å². The van der Waals surface area contributed by atoms with E-state index in [-0.39, 0.29) is 12.2 Å². The fourth-order valence-corrected chi connectivity index (χ4v) is 2.49. The van der Waals surface area contributed by atoms with Crippen LogP contribution in [0.5, 0.6) is 0 Å². The molecule has 7 heteroatoms. The molecule has 0 aromatic heterocycles. The lowest BCUT2D eigenvalue weighted by molar-refractivity contribution is -0.117. The molecular formula is C12H17BrN2O3S. The molecule has 0 aliphatic heterocycles. The van der Waals surface area contributed by atoms with E-state index in [1.807, 2.05) is 19.1 Å². The standard InChI is InChI=1S/C12H17BrN2O3S/c1-8-4-3-5-10(11(8)13)15-12(16)9(14)6-7-19(2,17)18/h3-5,9H,6-7,14H2,1-2H3,(H,15,16). The van der Waals surface area contributed by atoms with E-state index in [0.29, 0.717) is 5.69 Å². The first kappa shape index (κ1) is 16.1. The number of nitrogens with two attached hydrogens (primary N) is 1. The number of hydrogen-bond donors (Lipinski definition) is 2. The number of halogens is 1. The van der Waals surface area contributed by atoms with Crippen LogP contribution in [0.1, 0.15) is 12.0 Å². The van der Waals surface area contributed by atoms with Gasteiger partial charge in [-0.3, -0.25) is 4.79 Å². The maximum absolute atomic E-state index is 11.8. The number of anilines is 1. The molecule has 106 valence electrons. The number of carbonyl (C=O) groups is 1. The van der Waals surface area contributed by atoms with E-state index < -0.39 is 21.8 Å². The minimum Gasteiger partial charge on any atom is -0.324 e. The normalized spacial score (nSPS) is 13.1. The van der Waals surface area contributed by atoms with Crippen molar-refractivity contribution in [2.24, 2.45) is 5.73 Å². The maximum Gasteiger partial charge on any atom is 0.241 e. The molecule has 1 aromatic carbocycles. The summed E-state index contributed by atoms with van der Waals surface area (Å²) in [6.07, 6.45) is 1.23. The number of aryl methyl sites for hydroxylation is 1. The molecular weight excluding hydrogens is 332 g/mol. The highest BCUT2D eigenvalue weighted by atomic mass is 79.9. The van der Waals surface area contributed by atoms with Crippen LogP contribution in [0.2, 0.25) is 0 Å². The van der Waals surface area contributed by atoms with Crippen molar-refractivity contribution in [2.75, 3.05) is 17.3 Å². The SMILES string of the molecule is Cc1cccc(NC(=O)C(N)CCS(C)(=O)=O)c1Br. The van der Waals surface area contributed by atoms with Crippen molar-refractivity contribution in [3.05, 3.63) is 28.2 Å². The minimum absolute atomic E-state index is 0.101. The Balaban J connectivity index is 2.67. The van der Waals surface area contributed by atoms with Gasteiger partial charge in [-0.25, -0.2) is 8.42 Å². The van der Waals surface area contributed by atoms with Gasteiger partial charge in [0, 0.05) is 10.7 Å². The Bertz CT molecular complexity index is 572. The largest absolute Gasteiger partial charge is 0.324 e. The monoisotopic (exact) mass is 348 g/mol. The van der Waals surface area contributed by atoms with Crippen LogP contribution in [0.15, 0.2) is 22.7 Å². The number of benzene rings is 1. The Morgan fingerprint density at radius 3 is 2.68 bits per heavy atom. The molecule has 1 unspecified atom stereocenters. The predicted octanol–water partition coefficient (Wildman–Crippen LogP) is 1.46. The van der Waals surface area contributed by atoms with Crippen LogP contribution >= 0.6 is 15.9 Å². The van der Waals surface area contributed by atoms with Crippen molar-refractivity contribution in [2.45, 2.75) is 19.4 Å². The third-order valence-electron chi connectivity index (χ3n) is 2.59. The summed E-state index contributed by atoms with van der Waals surface area (Å²) in [5.41, 5.74) is 7.28. The third kappa shape index (κ3) is 5.30. The van der Waals surface area contributed by atoms with Crippen molar-refractivity contribution in [3.63, 3.8) is 0 Å². The van der Waals surface area contributed by atoms with E-state index in [0.717, 1.165) is 16.3 Å². The zero-order valence-electron chi connectivity index (χ0n) is 10.8. The molecule has 0 fully saturated rings. The van der Waals surface area contributed by atoms with E-state index in [4.69, 9.17) is 5.73 Å². The summed E-state index contributed by atoms with van der Waals surface area (Å²) in [4.78, 5) is 11.8. The average Bonchev–Trinajstić information content (AvgIpc) is 2.31. The van der Waals surface area contributed by atoms with Crippen LogP contribution in [-0.4, -0.2) is 32.4 Å². The molecule has 5 nitrogen and oxygen atoms in total. The second-order valence-electron chi connectivity index (χ2n) is 4.45. The molecule has 19 heavy (non-hydrogen) atoms. The molecule has 0 radical (unpaired) electrons. The Hall–Kier alpha value is -0.920. The molecule has 0 aliphatic carbocycles. The van der Waals surface area contributed by atoms with E-state index >= 15 is 0 Å². The Morgan fingerprint density at radius 1 is 1.47 bits per heavy atom. The zero-order chi connectivity index (χ0) is 14.6. The Labute approximate surface area is 121 Å². The fourth-order valence-electron chi connectivity index (χ4n) is 1.44. The molecule has 1 atom stereocenters. The first-order valence-electron chi connectivity index (χ1n) is 5.70. The predicted molar refractivity (Wildman–Crippen MR) is 79.8 cm³/mol. The molecule has 0 heterocycles. The van der Waals surface area contributed by atoms with Crippen molar-refractivity contribution in [3.8, 4) is 0 Å². The molecule has 1 aromatic rings. The fraction of sp³-hybridized carbons (Fsp3) is 0.417. The third-order valence-corrected chi connectivity index (χ3v) is 4.62. The van der Waals surface area contributed by atoms with Gasteiger partial charge in [0.2, 0.25) is 5.91 Å². The number of carbonyl (C=O) groups excluding carboxylic acids is 1. The Kier molecular flexibility index (Phi) is 5.51. The first-order chi connectivity index (χ1) is 8.70. The summed E-state index contributed by atoms with van der Waals surface area (Å²) < 4.78 is 22.8. The number of rotatable bonds is 5. The van der Waals surface area contributed by atoms with Gasteiger partial charge >= 0.3 is 0 Å². The maximum atomic E-state index is 11.8. The number of sulfone groups is 1. The minimum atomic E-state index is -3.11. The van der Waals surface area contributed by atoms with Crippen LogP contribution in [0.25, 0.3) is 0 Å². The lowest BCUT2D eigenvalue weighted by Gasteiger charge is -2.13. The van der Waals surface area contributed by atoms with Gasteiger partial charge in [-0.2, -0.15) is 0 Å². The van der Waals surface area contributed by atoms with Gasteiger partial charge in [-0.05, 0) is 40.9 Å². The summed E-state index contributed by atoms with van der Waals surface area (Å²) in [7, 11) is -3.11. The van der Waals surface area contributed by atoms with Gasteiger partial charge in [0.05, 0.1) is 17.5 Å². The van der Waals surface area contributed by atoms with Gasteiger partial charge in [0.1, 0.15) is 9.84 Å². The Morgan fingerprint density at radius 2 is 2.11 bits per heavy atom. The van der Waals surface area contributed by atoms with Crippen molar-refractivity contribution in [1.82, 2.24) is 0 Å². The first-order valence-corrected chi connectivity index (χ1v) is 8.55. The van der Waals surface area contributed by atoms with Crippen molar-refractivity contribution >= 4 is 37.4 Å². The molecule has 1 amide bonds. The quantitative estimate of drug-likeness (QED) is 0.842. The summed E-state index contributed by atoms with van der Waals surface area (Å²) in [5, 5.41) is 2.68. The van der Waals surface area contributed by atoms with Crippen LogP contribution in [-0.2, 0) is 14.6 Å². The van der Waals surface area contributed by atoms with Gasteiger partial charge in [-0.15, -0.1) is 0 Å². The molecule has 0 aliphatic rings. The van der Waals surface area contributed by atoms with Gasteiger partial charge in [-0.1, -0.05) is 12.1 Å². The highest BCUT2D eigenvalue weighted by Gasteiger charge is 2.17. The van der Waals surface area contributed by atoms with Crippen LogP contribution in [0.4, 0.5) is 5.69 Å². The highest BCUT2D eigenvalue weighted by molar-refractivity contribution is 9.10. The number of nitrogens with one attached hydrogen (secondary N) is 1.